The molecule has 78 valence electrons. The summed E-state index contributed by atoms with van der Waals surface area (Å²) in [6, 6.07) is 9.48. The molecule has 0 aliphatic carbocycles. The van der Waals surface area contributed by atoms with Crippen molar-refractivity contribution in [2.45, 2.75) is 19.3 Å². The molecule has 0 fully saturated rings. The highest BCUT2D eigenvalue weighted by Gasteiger charge is 2.22. The molecule has 1 aromatic rings. The Labute approximate surface area is 83.1 Å². The Morgan fingerprint density at radius 1 is 1.36 bits per heavy atom. The van der Waals surface area contributed by atoms with Crippen LogP contribution in [-0.4, -0.2) is 15.6 Å². The molecule has 5 heteroatoms. The van der Waals surface area contributed by atoms with Gasteiger partial charge >= 0.3 is 7.60 Å². The lowest BCUT2D eigenvalue weighted by atomic mass is 10.2. The first-order chi connectivity index (χ1) is 6.50. The molecule has 0 spiro atoms. The Kier molecular flexibility index (Phi) is 3.84. The number of hydrogen-bond acceptors (Lipinski definition) is 2. The highest BCUT2D eigenvalue weighted by atomic mass is 31.2. The zero-order valence-corrected chi connectivity index (χ0v) is 8.82. The Morgan fingerprint density at radius 2 is 1.93 bits per heavy atom. The van der Waals surface area contributed by atoms with E-state index in [1.807, 2.05) is 30.3 Å². The van der Waals surface area contributed by atoms with E-state index in [9.17, 15) is 4.57 Å². The molecule has 14 heavy (non-hydrogen) atoms. The van der Waals surface area contributed by atoms with Crippen LogP contribution in [0.5, 0.6) is 0 Å². The van der Waals surface area contributed by atoms with Crippen molar-refractivity contribution in [3.63, 3.8) is 0 Å². The molecule has 1 atom stereocenters. The lowest BCUT2D eigenvalue weighted by Gasteiger charge is -2.14. The van der Waals surface area contributed by atoms with E-state index in [4.69, 9.17) is 9.79 Å². The van der Waals surface area contributed by atoms with Crippen molar-refractivity contribution in [3.05, 3.63) is 35.9 Å². The van der Waals surface area contributed by atoms with Crippen molar-refractivity contribution in [2.24, 2.45) is 0 Å². The molecule has 0 aromatic heterocycles. The number of nitrogens with one attached hydrogen (secondary N) is 1. The third kappa shape index (κ3) is 3.60. The van der Waals surface area contributed by atoms with Crippen molar-refractivity contribution in [1.82, 2.24) is 5.32 Å². The van der Waals surface area contributed by atoms with Gasteiger partial charge in [0.05, 0.1) is 0 Å². The Balaban J connectivity index is 2.46. The zero-order valence-electron chi connectivity index (χ0n) is 7.92. The summed E-state index contributed by atoms with van der Waals surface area (Å²) in [6.45, 7) is 1.94. The molecule has 0 heterocycles. The first-order valence-corrected chi connectivity index (χ1v) is 6.01. The summed E-state index contributed by atoms with van der Waals surface area (Å²) in [5.74, 6) is -0.803. The van der Waals surface area contributed by atoms with Crippen LogP contribution in [0.15, 0.2) is 30.3 Å². The minimum atomic E-state index is -4.00. The fourth-order valence-corrected chi connectivity index (χ4v) is 1.31. The van der Waals surface area contributed by atoms with Crippen LogP contribution < -0.4 is 5.32 Å². The van der Waals surface area contributed by atoms with Crippen LogP contribution in [0, 0.1) is 0 Å². The number of rotatable bonds is 4. The van der Waals surface area contributed by atoms with Crippen molar-refractivity contribution in [2.75, 3.05) is 0 Å². The minimum absolute atomic E-state index is 0.465. The van der Waals surface area contributed by atoms with E-state index >= 15 is 0 Å². The van der Waals surface area contributed by atoms with Gasteiger partial charge in [0.15, 0.2) is 0 Å². The van der Waals surface area contributed by atoms with Gasteiger partial charge in [0.25, 0.3) is 0 Å². The van der Waals surface area contributed by atoms with Gasteiger partial charge in [-0.1, -0.05) is 30.3 Å². The van der Waals surface area contributed by atoms with Gasteiger partial charge in [-0.2, -0.15) is 0 Å². The first-order valence-electron chi connectivity index (χ1n) is 4.32. The smallest absolute Gasteiger partial charge is 0.323 e. The van der Waals surface area contributed by atoms with Gasteiger partial charge < -0.3 is 9.79 Å². The second-order valence-corrected chi connectivity index (χ2v) is 5.08. The molecule has 0 amide bonds. The van der Waals surface area contributed by atoms with E-state index < -0.39 is 13.4 Å². The molecule has 0 saturated carbocycles. The predicted octanol–water partition coefficient (Wildman–Crippen LogP) is 1.30. The average molecular weight is 215 g/mol. The molecule has 0 saturated heterocycles. The van der Waals surface area contributed by atoms with Crippen molar-refractivity contribution in [3.8, 4) is 0 Å². The fraction of sp³-hybridized carbons (Fsp3) is 0.333. The Morgan fingerprint density at radius 3 is 2.43 bits per heavy atom. The van der Waals surface area contributed by atoms with Crippen LogP contribution in [0.2, 0.25) is 0 Å². The lowest BCUT2D eigenvalue weighted by molar-refractivity contribution is 0.350. The van der Waals surface area contributed by atoms with Crippen molar-refractivity contribution >= 4 is 7.60 Å². The lowest BCUT2D eigenvalue weighted by Crippen LogP contribution is -2.25. The molecule has 1 aromatic carbocycles. The number of benzene rings is 1. The molecule has 0 aliphatic rings. The second-order valence-electron chi connectivity index (χ2n) is 3.13. The fourth-order valence-electron chi connectivity index (χ4n) is 0.980. The van der Waals surface area contributed by atoms with Crippen LogP contribution >= 0.6 is 7.60 Å². The van der Waals surface area contributed by atoms with E-state index in [1.54, 1.807) is 0 Å². The molecule has 0 bridgehead atoms. The summed E-state index contributed by atoms with van der Waals surface area (Å²) in [7, 11) is -4.00. The summed E-state index contributed by atoms with van der Waals surface area (Å²) < 4.78 is 10.8. The highest BCUT2D eigenvalue weighted by Crippen LogP contribution is 2.39. The maximum Gasteiger partial charge on any atom is 0.342 e. The molecule has 0 aliphatic heterocycles. The molecule has 0 radical (unpaired) electrons. The largest absolute Gasteiger partial charge is 0.342 e. The summed E-state index contributed by atoms with van der Waals surface area (Å²) >= 11 is 0. The van der Waals surface area contributed by atoms with Gasteiger partial charge in [0.2, 0.25) is 0 Å². The molecular formula is C9H14NO3P. The summed E-state index contributed by atoms with van der Waals surface area (Å²) in [5.41, 5.74) is 1.01. The van der Waals surface area contributed by atoms with Gasteiger partial charge in [-0.3, -0.25) is 9.88 Å². The van der Waals surface area contributed by atoms with E-state index in [1.165, 1.54) is 6.92 Å². The van der Waals surface area contributed by atoms with Crippen molar-refractivity contribution in [1.29, 1.82) is 0 Å². The summed E-state index contributed by atoms with van der Waals surface area (Å²) in [5, 5.41) is 2.78. The normalized spacial score (nSPS) is 13.9. The first kappa shape index (κ1) is 11.4. The molecule has 1 unspecified atom stereocenters. The molecule has 3 N–H and O–H groups in total. The average Bonchev–Trinajstić information content (AvgIpc) is 2.14. The van der Waals surface area contributed by atoms with Gasteiger partial charge in [0, 0.05) is 6.54 Å². The third-order valence-electron chi connectivity index (χ3n) is 1.95. The van der Waals surface area contributed by atoms with E-state index in [-0.39, 0.29) is 0 Å². The second kappa shape index (κ2) is 4.71. The SMILES string of the molecule is CC(NCc1ccccc1)P(=O)(O)O. The van der Waals surface area contributed by atoms with E-state index in [0.717, 1.165) is 5.56 Å². The highest BCUT2D eigenvalue weighted by molar-refractivity contribution is 7.52. The van der Waals surface area contributed by atoms with Crippen LogP contribution in [-0.2, 0) is 11.1 Å². The van der Waals surface area contributed by atoms with Crippen molar-refractivity contribution < 1.29 is 14.4 Å². The maximum absolute atomic E-state index is 10.8. The topological polar surface area (TPSA) is 69.6 Å². The number of hydrogen-bond donors (Lipinski definition) is 3. The standard InChI is InChI=1S/C9H14NO3P/c1-8(14(11,12)13)10-7-9-5-3-2-4-6-9/h2-6,8,10H,7H2,1H3,(H2,11,12,13). The van der Waals surface area contributed by atoms with Gasteiger partial charge in [-0.25, -0.2) is 0 Å². The minimum Gasteiger partial charge on any atom is -0.323 e. The van der Waals surface area contributed by atoms with Gasteiger partial charge in [-0.05, 0) is 12.5 Å². The summed E-state index contributed by atoms with van der Waals surface area (Å²) in [4.78, 5) is 17.6. The van der Waals surface area contributed by atoms with E-state index in [2.05, 4.69) is 5.32 Å². The maximum atomic E-state index is 10.8. The van der Waals surface area contributed by atoms with Crippen LogP contribution in [0.4, 0.5) is 0 Å². The molecule has 4 nitrogen and oxygen atoms in total. The quantitative estimate of drug-likeness (QED) is 0.662. The Bertz CT molecular complexity index is 322. The Hall–Kier alpha value is -0.670. The molecule has 1 rings (SSSR count). The summed E-state index contributed by atoms with van der Waals surface area (Å²) in [6.07, 6.45) is 0. The van der Waals surface area contributed by atoms with E-state index in [0.29, 0.717) is 6.54 Å². The van der Waals surface area contributed by atoms with Gasteiger partial charge in [-0.15, -0.1) is 0 Å². The van der Waals surface area contributed by atoms with Crippen LogP contribution in [0.1, 0.15) is 12.5 Å². The predicted molar refractivity (Wildman–Crippen MR) is 54.8 cm³/mol. The third-order valence-corrected chi connectivity index (χ3v) is 3.14. The molecular weight excluding hydrogens is 201 g/mol. The van der Waals surface area contributed by atoms with Gasteiger partial charge in [0.1, 0.15) is 5.78 Å². The van der Waals surface area contributed by atoms with Crippen LogP contribution in [0.25, 0.3) is 0 Å². The zero-order chi connectivity index (χ0) is 10.6. The van der Waals surface area contributed by atoms with Crippen LogP contribution in [0.3, 0.4) is 0 Å². The monoisotopic (exact) mass is 215 g/mol.